The zero-order chi connectivity index (χ0) is 57.6. The highest BCUT2D eigenvalue weighted by molar-refractivity contribution is 5.76. The van der Waals surface area contributed by atoms with Crippen LogP contribution in [-0.2, 0) is 4.79 Å². The molecule has 4 nitrogen and oxygen atoms in total. The second-order valence-corrected chi connectivity index (χ2v) is 22.8. The van der Waals surface area contributed by atoms with Gasteiger partial charge in [-0.1, -0.05) is 340 Å². The van der Waals surface area contributed by atoms with Gasteiger partial charge in [-0.15, -0.1) is 0 Å². The Hall–Kier alpha value is -3.47. The van der Waals surface area contributed by atoms with Gasteiger partial charge in [-0.3, -0.25) is 4.79 Å². The third-order valence-electron chi connectivity index (χ3n) is 15.1. The van der Waals surface area contributed by atoms with Crippen molar-refractivity contribution in [1.82, 2.24) is 5.32 Å². The van der Waals surface area contributed by atoms with Gasteiger partial charge in [0.1, 0.15) is 0 Å². The summed E-state index contributed by atoms with van der Waals surface area (Å²) in [4.78, 5) is 12.5. The second kappa shape index (κ2) is 69.8. The van der Waals surface area contributed by atoms with E-state index in [2.05, 4.69) is 141 Å². The Morgan fingerprint density at radius 2 is 0.562 bits per heavy atom. The average molecular weight is 1110 g/mol. The van der Waals surface area contributed by atoms with Gasteiger partial charge in [0.2, 0.25) is 5.91 Å². The molecule has 0 aliphatic carbocycles. The first-order chi connectivity index (χ1) is 39.7. The molecule has 0 radical (unpaired) electrons. The van der Waals surface area contributed by atoms with Crippen LogP contribution in [0.5, 0.6) is 0 Å². The summed E-state index contributed by atoms with van der Waals surface area (Å²) in [6, 6.07) is -0.660. The third-order valence-corrected chi connectivity index (χ3v) is 15.1. The minimum Gasteiger partial charge on any atom is -0.394 e. The van der Waals surface area contributed by atoms with Crippen LogP contribution in [0.4, 0.5) is 0 Å². The number of hydrogen-bond acceptors (Lipinski definition) is 3. The average Bonchev–Trinajstić information content (AvgIpc) is 3.46. The Balaban J connectivity index is 3.59. The van der Waals surface area contributed by atoms with Gasteiger partial charge >= 0.3 is 0 Å². The van der Waals surface area contributed by atoms with Gasteiger partial charge < -0.3 is 15.5 Å². The first kappa shape index (κ1) is 76.5. The summed E-state index contributed by atoms with van der Waals surface area (Å²) in [5, 5.41) is 23.2. The maximum Gasteiger partial charge on any atom is 0.220 e. The van der Waals surface area contributed by atoms with Crippen LogP contribution in [0.15, 0.2) is 134 Å². The van der Waals surface area contributed by atoms with Gasteiger partial charge in [-0.05, 0) is 109 Å². The second-order valence-electron chi connectivity index (χ2n) is 22.8. The summed E-state index contributed by atoms with van der Waals surface area (Å²) < 4.78 is 0. The van der Waals surface area contributed by atoms with E-state index in [1.807, 2.05) is 6.08 Å². The largest absolute Gasteiger partial charge is 0.394 e. The maximum absolute atomic E-state index is 12.5. The molecule has 0 spiro atoms. The van der Waals surface area contributed by atoms with Crippen LogP contribution in [0.3, 0.4) is 0 Å². The van der Waals surface area contributed by atoms with Crippen LogP contribution in [-0.4, -0.2) is 34.9 Å². The highest BCUT2D eigenvalue weighted by Gasteiger charge is 2.18. The minimum absolute atomic E-state index is 0.0854. The highest BCUT2D eigenvalue weighted by Crippen LogP contribution is 2.17. The number of unbranched alkanes of at least 4 members (excludes halogenated alkanes) is 35. The number of amides is 1. The quantitative estimate of drug-likeness (QED) is 0.0420. The molecule has 4 heteroatoms. The molecule has 0 aliphatic heterocycles. The molecular formula is C76H131NO3. The molecule has 0 aromatic rings. The fourth-order valence-corrected chi connectivity index (χ4v) is 9.94. The van der Waals surface area contributed by atoms with E-state index >= 15 is 0 Å². The predicted molar refractivity (Wildman–Crippen MR) is 359 cm³/mol. The molecule has 80 heavy (non-hydrogen) atoms. The van der Waals surface area contributed by atoms with Crippen molar-refractivity contribution in [2.24, 2.45) is 0 Å². The van der Waals surface area contributed by atoms with Gasteiger partial charge in [-0.25, -0.2) is 0 Å². The standard InChI is InChI=1S/C76H131NO3/c1-3-5-7-9-11-13-15-17-19-21-23-25-27-29-31-33-35-37-38-40-42-44-46-48-50-52-54-56-58-60-62-64-66-68-70-72-76(80)77-74(73-78)75(79)71-69-67-65-63-61-59-57-55-53-51-49-47-45-43-41-39-36-34-32-30-28-26-24-22-20-18-16-14-12-10-8-6-4-2/h5,7,11,13,17,19,23,25,29,31,35,37,40,42,46,48,53,55,61,63,69,71,74-75,78-79H,3-4,6,8-10,12,14-16,18,20-22,24,26-28,30,32-34,36,38-39,41,43-45,47,49-52,54,56-60,62,64-68,70,72-73H2,1-2H3,(H,77,80)/b7-5-,13-11-,19-17-,25-23-,31-29-,37-35-,42-40-,48-46-,55-53+,63-61+,71-69+. The number of allylic oxidation sites excluding steroid dienone is 21. The van der Waals surface area contributed by atoms with Crippen molar-refractivity contribution >= 4 is 5.91 Å². The van der Waals surface area contributed by atoms with Crippen LogP contribution < -0.4 is 5.32 Å². The van der Waals surface area contributed by atoms with Gasteiger partial charge in [0.25, 0.3) is 0 Å². The Morgan fingerprint density at radius 3 is 0.875 bits per heavy atom. The monoisotopic (exact) mass is 1110 g/mol. The van der Waals surface area contributed by atoms with Crippen LogP contribution in [0.2, 0.25) is 0 Å². The highest BCUT2D eigenvalue weighted by atomic mass is 16.3. The summed E-state index contributed by atoms with van der Waals surface area (Å²) in [7, 11) is 0. The Bertz CT molecular complexity index is 1590. The summed E-state index contributed by atoms with van der Waals surface area (Å²) in [5.41, 5.74) is 0. The lowest BCUT2D eigenvalue weighted by Gasteiger charge is -2.19. The molecule has 0 aromatic heterocycles. The van der Waals surface area contributed by atoms with Crippen LogP contribution in [0.1, 0.15) is 322 Å². The molecule has 0 heterocycles. The number of carbonyl (C=O) groups excluding carboxylic acids is 1. The molecule has 0 aliphatic rings. The van der Waals surface area contributed by atoms with Crippen LogP contribution >= 0.6 is 0 Å². The van der Waals surface area contributed by atoms with Crippen molar-refractivity contribution in [2.75, 3.05) is 6.61 Å². The molecule has 3 N–H and O–H groups in total. The lowest BCUT2D eigenvalue weighted by Crippen LogP contribution is -2.45. The molecule has 1 amide bonds. The lowest BCUT2D eigenvalue weighted by molar-refractivity contribution is -0.123. The Labute approximate surface area is 498 Å². The van der Waals surface area contributed by atoms with E-state index in [0.29, 0.717) is 6.42 Å². The van der Waals surface area contributed by atoms with E-state index < -0.39 is 12.1 Å². The van der Waals surface area contributed by atoms with Crippen molar-refractivity contribution in [3.05, 3.63) is 134 Å². The van der Waals surface area contributed by atoms with E-state index in [9.17, 15) is 15.0 Å². The molecule has 0 rings (SSSR count). The molecule has 2 atom stereocenters. The fourth-order valence-electron chi connectivity index (χ4n) is 9.94. The van der Waals surface area contributed by atoms with E-state index in [4.69, 9.17) is 0 Å². The third kappa shape index (κ3) is 65.3. The summed E-state index contributed by atoms with van der Waals surface area (Å²) in [5.74, 6) is -0.0854. The summed E-state index contributed by atoms with van der Waals surface area (Å²) >= 11 is 0. The molecule has 0 fully saturated rings. The minimum atomic E-state index is -0.883. The van der Waals surface area contributed by atoms with E-state index in [0.717, 1.165) is 96.3 Å². The fraction of sp³-hybridized carbons (Fsp3) is 0.697. The maximum atomic E-state index is 12.5. The summed E-state index contributed by atoms with van der Waals surface area (Å²) in [6.45, 7) is 4.20. The summed E-state index contributed by atoms with van der Waals surface area (Å²) in [6.07, 6.45) is 108. The normalized spacial score (nSPS) is 13.6. The first-order valence-corrected chi connectivity index (χ1v) is 34.4. The topological polar surface area (TPSA) is 69.6 Å². The van der Waals surface area contributed by atoms with Crippen molar-refractivity contribution < 1.29 is 15.0 Å². The van der Waals surface area contributed by atoms with E-state index in [-0.39, 0.29) is 12.5 Å². The molecule has 458 valence electrons. The number of hydrogen-bond donors (Lipinski definition) is 3. The smallest absolute Gasteiger partial charge is 0.220 e. The van der Waals surface area contributed by atoms with Crippen molar-refractivity contribution in [2.45, 2.75) is 334 Å². The molecular weight excluding hydrogens is 975 g/mol. The Morgan fingerprint density at radius 1 is 0.312 bits per heavy atom. The van der Waals surface area contributed by atoms with E-state index in [1.54, 1.807) is 6.08 Å². The lowest BCUT2D eigenvalue weighted by atomic mass is 10.0. The van der Waals surface area contributed by atoms with Gasteiger partial charge in [0.15, 0.2) is 0 Å². The van der Waals surface area contributed by atoms with Crippen LogP contribution in [0.25, 0.3) is 0 Å². The molecule has 2 unspecified atom stereocenters. The molecule has 0 aromatic carbocycles. The zero-order valence-corrected chi connectivity index (χ0v) is 52.8. The SMILES string of the molecule is CC/C=C\C/C=C\C/C=C\C/C=C\C/C=C\C/C=C\C/C=C\C/C=C\CCCCCCCCCCCCC(=O)NC(CO)C(O)/C=C/CC/C=C/CC/C=C/CCCCCCCCCCCCCCCCCCCCCCCCC. The van der Waals surface area contributed by atoms with Crippen LogP contribution in [0, 0.1) is 0 Å². The van der Waals surface area contributed by atoms with Gasteiger partial charge in [0, 0.05) is 6.42 Å². The molecule has 0 bridgehead atoms. The molecule has 0 saturated heterocycles. The van der Waals surface area contributed by atoms with Gasteiger partial charge in [-0.2, -0.15) is 0 Å². The van der Waals surface area contributed by atoms with E-state index in [1.165, 1.54) is 205 Å². The zero-order valence-electron chi connectivity index (χ0n) is 52.8. The number of nitrogens with one attached hydrogen (secondary N) is 1. The number of carbonyl (C=O) groups is 1. The first-order valence-electron chi connectivity index (χ1n) is 34.4. The number of rotatable bonds is 62. The Kier molecular flexibility index (Phi) is 66.8. The molecule has 0 saturated carbocycles. The van der Waals surface area contributed by atoms with Crippen molar-refractivity contribution in [3.8, 4) is 0 Å². The number of aliphatic hydroxyl groups excluding tert-OH is 2. The number of aliphatic hydroxyl groups is 2. The van der Waals surface area contributed by atoms with Crippen molar-refractivity contribution in [1.29, 1.82) is 0 Å². The van der Waals surface area contributed by atoms with Gasteiger partial charge in [0.05, 0.1) is 18.8 Å². The van der Waals surface area contributed by atoms with Crippen molar-refractivity contribution in [3.63, 3.8) is 0 Å². The predicted octanol–water partition coefficient (Wildman–Crippen LogP) is 23.7.